The van der Waals surface area contributed by atoms with Crippen LogP contribution in [-0.2, 0) is 24.0 Å². The number of allylic oxidation sites excluding steroid dienone is 1. The molecular formula is C21H21N3O. The molecule has 2 aromatic rings. The second-order valence-electron chi connectivity index (χ2n) is 6.33. The van der Waals surface area contributed by atoms with Crippen LogP contribution >= 0.6 is 0 Å². The molecule has 2 N–H and O–H groups in total. The third-order valence-corrected chi connectivity index (χ3v) is 4.85. The highest BCUT2D eigenvalue weighted by Crippen LogP contribution is 2.39. The average Bonchev–Trinajstić information content (AvgIpc) is 2.69. The first-order valence-corrected chi connectivity index (χ1v) is 8.65. The van der Waals surface area contributed by atoms with E-state index in [1.807, 2.05) is 0 Å². The van der Waals surface area contributed by atoms with Crippen molar-refractivity contribution in [2.24, 2.45) is 15.7 Å². The highest BCUT2D eigenvalue weighted by Gasteiger charge is 2.22. The van der Waals surface area contributed by atoms with Crippen molar-refractivity contribution in [2.75, 3.05) is 6.73 Å². The molecule has 0 atom stereocenters. The third kappa shape index (κ3) is 3.07. The summed E-state index contributed by atoms with van der Waals surface area (Å²) in [6.45, 7) is 0.420. The Kier molecular flexibility index (Phi) is 4.34. The SMILES string of the molecule is C1=NC=NCO1.NC1=CCCc2ccc3c(c21)CCc1ccccc1-3. The van der Waals surface area contributed by atoms with Gasteiger partial charge < -0.3 is 10.5 Å². The van der Waals surface area contributed by atoms with E-state index < -0.39 is 0 Å². The molecule has 0 fully saturated rings. The maximum atomic E-state index is 6.25. The van der Waals surface area contributed by atoms with Gasteiger partial charge in [0.2, 0.25) is 0 Å². The van der Waals surface area contributed by atoms with E-state index in [0.29, 0.717) is 6.73 Å². The van der Waals surface area contributed by atoms with E-state index in [1.165, 1.54) is 46.1 Å². The molecule has 0 unspecified atom stereocenters. The standard InChI is InChI=1S/C18H17N.C3H4N2O/c19-17-7-3-5-13-9-10-15-14-6-2-1-4-12(14)8-11-16(15)18(13)17;1-4-2-6-3-5-1/h1-2,4,6-7,9-10H,3,5,8,11,19H2;1-2H,3H2. The van der Waals surface area contributed by atoms with Crippen LogP contribution < -0.4 is 5.73 Å². The van der Waals surface area contributed by atoms with Gasteiger partial charge >= 0.3 is 0 Å². The molecule has 0 spiro atoms. The van der Waals surface area contributed by atoms with E-state index >= 15 is 0 Å². The van der Waals surface area contributed by atoms with E-state index in [9.17, 15) is 0 Å². The Morgan fingerprint density at radius 2 is 1.84 bits per heavy atom. The molecule has 0 aromatic heterocycles. The minimum atomic E-state index is 0.420. The summed E-state index contributed by atoms with van der Waals surface area (Å²) in [5.41, 5.74) is 15.7. The van der Waals surface area contributed by atoms with Crippen molar-refractivity contribution in [2.45, 2.75) is 25.7 Å². The summed E-state index contributed by atoms with van der Waals surface area (Å²) in [5, 5.41) is 0. The first-order valence-electron chi connectivity index (χ1n) is 8.65. The van der Waals surface area contributed by atoms with Gasteiger partial charge in [0, 0.05) is 11.3 Å². The van der Waals surface area contributed by atoms with E-state index in [1.54, 1.807) is 0 Å². The monoisotopic (exact) mass is 331 g/mol. The number of aliphatic imine (C=N–C) groups is 2. The summed E-state index contributed by atoms with van der Waals surface area (Å²) < 4.78 is 4.58. The molecule has 1 heterocycles. The van der Waals surface area contributed by atoms with Crippen LogP contribution in [0.4, 0.5) is 0 Å². The first kappa shape index (κ1) is 15.6. The Bertz CT molecular complexity index is 869. The Hall–Kier alpha value is -2.88. The minimum absolute atomic E-state index is 0.420. The lowest BCUT2D eigenvalue weighted by molar-refractivity contribution is 0.331. The number of ether oxygens (including phenoxy) is 1. The number of nitrogens with zero attached hydrogens (tertiary/aromatic N) is 2. The molecule has 0 radical (unpaired) electrons. The van der Waals surface area contributed by atoms with Gasteiger partial charge in [0.1, 0.15) is 6.34 Å². The molecule has 25 heavy (non-hydrogen) atoms. The van der Waals surface area contributed by atoms with Gasteiger partial charge in [-0.25, -0.2) is 9.98 Å². The van der Waals surface area contributed by atoms with Crippen LogP contribution in [0.3, 0.4) is 0 Å². The number of hydrogen-bond acceptors (Lipinski definition) is 4. The Balaban J connectivity index is 0.000000223. The van der Waals surface area contributed by atoms with Crippen molar-refractivity contribution >= 4 is 18.4 Å². The quantitative estimate of drug-likeness (QED) is 0.799. The van der Waals surface area contributed by atoms with Crippen LogP contribution in [-0.4, -0.2) is 19.5 Å². The largest absolute Gasteiger partial charge is 0.461 e. The van der Waals surface area contributed by atoms with Crippen LogP contribution in [0.5, 0.6) is 0 Å². The fourth-order valence-corrected chi connectivity index (χ4v) is 3.75. The number of rotatable bonds is 0. The van der Waals surface area contributed by atoms with Gasteiger partial charge in [-0.15, -0.1) is 0 Å². The molecule has 3 aliphatic rings. The maximum Gasteiger partial charge on any atom is 0.182 e. The third-order valence-electron chi connectivity index (χ3n) is 4.85. The lowest BCUT2D eigenvalue weighted by Crippen LogP contribution is -2.14. The molecule has 126 valence electrons. The summed E-state index contributed by atoms with van der Waals surface area (Å²) in [7, 11) is 0. The summed E-state index contributed by atoms with van der Waals surface area (Å²) >= 11 is 0. The zero-order valence-corrected chi connectivity index (χ0v) is 14.1. The van der Waals surface area contributed by atoms with Crippen LogP contribution in [0.2, 0.25) is 0 Å². The van der Waals surface area contributed by atoms with Gasteiger partial charge in [-0.3, -0.25) is 0 Å². The normalized spacial score (nSPS) is 16.4. The average molecular weight is 331 g/mol. The summed E-state index contributed by atoms with van der Waals surface area (Å²) in [6, 6.07) is 13.3. The Labute approximate surface area is 147 Å². The van der Waals surface area contributed by atoms with Gasteiger partial charge in [-0.2, -0.15) is 0 Å². The number of hydrogen-bond donors (Lipinski definition) is 1. The Morgan fingerprint density at radius 3 is 2.60 bits per heavy atom. The summed E-state index contributed by atoms with van der Waals surface area (Å²) in [4.78, 5) is 7.17. The number of benzene rings is 2. The maximum absolute atomic E-state index is 6.25. The van der Waals surface area contributed by atoms with Crippen LogP contribution in [0.15, 0.2) is 52.5 Å². The molecule has 0 amide bonds. The van der Waals surface area contributed by atoms with Crippen molar-refractivity contribution in [3.63, 3.8) is 0 Å². The molecule has 0 bridgehead atoms. The molecule has 1 aliphatic heterocycles. The van der Waals surface area contributed by atoms with Crippen molar-refractivity contribution in [3.05, 3.63) is 64.7 Å². The molecule has 0 saturated heterocycles. The lowest BCUT2D eigenvalue weighted by Gasteiger charge is -2.26. The molecule has 0 saturated carbocycles. The topological polar surface area (TPSA) is 60.0 Å². The molecule has 5 rings (SSSR count). The molecule has 4 heteroatoms. The second kappa shape index (κ2) is 6.93. The van der Waals surface area contributed by atoms with Gasteiger partial charge in [-0.1, -0.05) is 42.5 Å². The Morgan fingerprint density at radius 1 is 0.920 bits per heavy atom. The minimum Gasteiger partial charge on any atom is -0.461 e. The molecule has 2 aliphatic carbocycles. The number of aryl methyl sites for hydroxylation is 2. The smallest absolute Gasteiger partial charge is 0.182 e. The van der Waals surface area contributed by atoms with Crippen LogP contribution in [0.25, 0.3) is 16.8 Å². The number of nitrogens with two attached hydrogens (primary N) is 1. The fraction of sp³-hybridized carbons (Fsp3) is 0.238. The zero-order valence-electron chi connectivity index (χ0n) is 14.1. The summed E-state index contributed by atoms with van der Waals surface area (Å²) in [6.07, 6.45) is 9.47. The van der Waals surface area contributed by atoms with Crippen molar-refractivity contribution in [1.29, 1.82) is 0 Å². The highest BCUT2D eigenvalue weighted by molar-refractivity contribution is 5.82. The predicted molar refractivity (Wildman–Crippen MR) is 103 cm³/mol. The van der Waals surface area contributed by atoms with E-state index in [4.69, 9.17) is 5.73 Å². The van der Waals surface area contributed by atoms with E-state index in [0.717, 1.165) is 31.4 Å². The van der Waals surface area contributed by atoms with Gasteiger partial charge in [-0.05, 0) is 53.5 Å². The predicted octanol–water partition coefficient (Wildman–Crippen LogP) is 3.73. The van der Waals surface area contributed by atoms with Crippen molar-refractivity contribution in [3.8, 4) is 11.1 Å². The molecular weight excluding hydrogens is 310 g/mol. The fourth-order valence-electron chi connectivity index (χ4n) is 3.75. The van der Waals surface area contributed by atoms with Crippen LogP contribution in [0.1, 0.15) is 28.7 Å². The van der Waals surface area contributed by atoms with E-state index in [-0.39, 0.29) is 0 Å². The van der Waals surface area contributed by atoms with Crippen molar-refractivity contribution < 1.29 is 4.74 Å². The second-order valence-corrected chi connectivity index (χ2v) is 6.33. The number of fused-ring (bicyclic) bond motifs is 5. The van der Waals surface area contributed by atoms with Gasteiger partial charge in [0.15, 0.2) is 13.1 Å². The van der Waals surface area contributed by atoms with E-state index in [2.05, 4.69) is 57.2 Å². The van der Waals surface area contributed by atoms with Gasteiger partial charge in [0.05, 0.1) is 0 Å². The van der Waals surface area contributed by atoms with Crippen molar-refractivity contribution in [1.82, 2.24) is 0 Å². The zero-order chi connectivity index (χ0) is 17.1. The highest BCUT2D eigenvalue weighted by atomic mass is 16.5. The lowest BCUT2D eigenvalue weighted by atomic mass is 9.79. The van der Waals surface area contributed by atoms with Gasteiger partial charge in [0.25, 0.3) is 0 Å². The summed E-state index contributed by atoms with van der Waals surface area (Å²) in [5.74, 6) is 0. The molecule has 4 nitrogen and oxygen atoms in total. The van der Waals surface area contributed by atoms with Crippen LogP contribution in [0, 0.1) is 0 Å². The molecule has 2 aromatic carbocycles. The first-order chi connectivity index (χ1) is 12.3.